The fourth-order valence-electron chi connectivity index (χ4n) is 0.714. The van der Waals surface area contributed by atoms with E-state index in [0.717, 1.165) is 0 Å². The first-order valence-electron chi connectivity index (χ1n) is 3.35. The maximum absolute atomic E-state index is 8.46. The zero-order valence-electron chi connectivity index (χ0n) is 6.40. The van der Waals surface area contributed by atoms with Crippen molar-refractivity contribution in [3.63, 3.8) is 0 Å². The highest BCUT2D eigenvalue weighted by Crippen LogP contribution is 1.79. The van der Waals surface area contributed by atoms with Crippen LogP contribution in [-0.2, 0) is 4.57 Å². The van der Waals surface area contributed by atoms with E-state index in [4.69, 9.17) is 9.46 Å². The molecule has 0 unspecified atom stereocenters. The lowest BCUT2D eigenvalue weighted by Crippen LogP contribution is -2.07. The van der Waals surface area contributed by atoms with E-state index in [2.05, 4.69) is 35.4 Å². The van der Waals surface area contributed by atoms with Crippen LogP contribution in [0.3, 0.4) is 0 Å². The molecule has 56 valence electrons. The molecule has 0 aliphatic carbocycles. The van der Waals surface area contributed by atoms with E-state index in [1.807, 2.05) is 0 Å². The fourth-order valence-corrected chi connectivity index (χ4v) is 1.46. The van der Waals surface area contributed by atoms with Crippen LogP contribution in [0.5, 0.6) is 0 Å². The molecule has 0 fully saturated rings. The van der Waals surface area contributed by atoms with Gasteiger partial charge in [0.25, 0.3) is 0 Å². The van der Waals surface area contributed by atoms with Crippen LogP contribution in [0.1, 0.15) is 0 Å². The molecule has 11 heavy (non-hydrogen) atoms. The summed E-state index contributed by atoms with van der Waals surface area (Å²) in [6.07, 6.45) is 0. The van der Waals surface area contributed by atoms with Crippen molar-refractivity contribution < 1.29 is 9.46 Å². The Morgan fingerprint density at radius 3 is 2.09 bits per heavy atom. The Labute approximate surface area is 77.6 Å². The van der Waals surface area contributed by atoms with Gasteiger partial charge in [-0.15, -0.1) is 5.05 Å². The van der Waals surface area contributed by atoms with Crippen molar-refractivity contribution in [3.05, 3.63) is 30.3 Å². The van der Waals surface area contributed by atoms with Crippen molar-refractivity contribution in [2.24, 2.45) is 0 Å². The molecule has 0 amide bonds. The van der Waals surface area contributed by atoms with Gasteiger partial charge in [-0.1, -0.05) is 30.3 Å². The predicted molar refractivity (Wildman–Crippen MR) is 47.5 cm³/mol. The first-order chi connectivity index (χ1) is 5.35. The van der Waals surface area contributed by atoms with Crippen molar-refractivity contribution in [3.8, 4) is 0 Å². The molecule has 2 nitrogen and oxygen atoms in total. The Balaban J connectivity index is 0.000000292. The molecule has 0 aromatic heterocycles. The summed E-state index contributed by atoms with van der Waals surface area (Å²) < 4.78 is 10.0. The van der Waals surface area contributed by atoms with E-state index in [1.165, 1.54) is 0 Å². The van der Waals surface area contributed by atoms with E-state index in [-0.39, 0.29) is 20.4 Å². The predicted octanol–water partition coefficient (Wildman–Crippen LogP) is 1.25. The normalized spacial score (nSPS) is 7.82. The summed E-state index contributed by atoms with van der Waals surface area (Å²) in [5.74, 6) is 0. The fraction of sp³-hybridized carbons (Fsp3) is 0.143. The molecule has 0 bridgehead atoms. The molecule has 0 saturated carbocycles. The van der Waals surface area contributed by atoms with Crippen LogP contribution in [0.4, 0.5) is 0 Å². The minimum absolute atomic E-state index is 0.0913. The van der Waals surface area contributed by atoms with Crippen LogP contribution in [0, 0.1) is 0 Å². The highest BCUT2D eigenvalue weighted by atomic mass is 31.1. The molecule has 1 aromatic carbocycles. The smallest absolute Gasteiger partial charge is 0.310 e. The molecule has 0 spiro atoms. The monoisotopic (exact) mass is 180 g/mol. The zero-order valence-corrected chi connectivity index (χ0v) is 8.71. The standard InChI is InChI=1S/C6H5.CH3.Mg.HO2P/c1-2-4-6-5-3-1;;;1-3-2/h1-5H;1H3;;(H,1,2). The highest BCUT2D eigenvalue weighted by molar-refractivity contribution is 7.16. The SMILES string of the molecule is O=PO.[CH3][Mg][c]1ccccc1. The molecule has 0 atom stereocenters. The summed E-state index contributed by atoms with van der Waals surface area (Å²) in [5, 5.41) is 2.30. The summed E-state index contributed by atoms with van der Waals surface area (Å²) in [7, 11) is -0.833. The molecule has 0 radical (unpaired) electrons. The van der Waals surface area contributed by atoms with Crippen LogP contribution in [-0.4, -0.2) is 25.3 Å². The van der Waals surface area contributed by atoms with Gasteiger partial charge in [0.1, 0.15) is 0 Å². The highest BCUT2D eigenvalue weighted by Gasteiger charge is 1.85. The summed E-state index contributed by atoms with van der Waals surface area (Å²) in [5.41, 5.74) is 0. The summed E-state index contributed by atoms with van der Waals surface area (Å²) in [6.45, 7) is 0. The van der Waals surface area contributed by atoms with E-state index in [0.29, 0.717) is 0 Å². The Morgan fingerprint density at radius 1 is 1.36 bits per heavy atom. The number of hydrogen-bond acceptors (Lipinski definition) is 1. The zero-order chi connectivity index (χ0) is 8.53. The molecule has 0 heterocycles. The van der Waals surface area contributed by atoms with Crippen molar-refractivity contribution in [1.82, 2.24) is 0 Å². The Morgan fingerprint density at radius 2 is 1.82 bits per heavy atom. The van der Waals surface area contributed by atoms with Crippen LogP contribution >= 0.6 is 8.69 Å². The lowest BCUT2D eigenvalue weighted by atomic mass is 10.4. The quantitative estimate of drug-likeness (QED) is 0.522. The molecular weight excluding hydrogens is 171 g/mol. The third-order valence-electron chi connectivity index (χ3n) is 1.25. The van der Waals surface area contributed by atoms with Crippen molar-refractivity contribution in [2.45, 2.75) is 5.05 Å². The summed E-state index contributed by atoms with van der Waals surface area (Å²) in [4.78, 5) is 6.99. The van der Waals surface area contributed by atoms with Gasteiger partial charge in [-0.25, -0.2) is 4.57 Å². The Bertz CT molecular complexity index is 191. The van der Waals surface area contributed by atoms with Gasteiger partial charge in [-0.05, 0) is 0 Å². The topological polar surface area (TPSA) is 37.3 Å². The summed E-state index contributed by atoms with van der Waals surface area (Å²) >= 11 is 0.0913. The Kier molecular flexibility index (Phi) is 8.18. The molecule has 1 rings (SSSR count). The van der Waals surface area contributed by atoms with Crippen molar-refractivity contribution in [1.29, 1.82) is 0 Å². The lowest BCUT2D eigenvalue weighted by Gasteiger charge is -1.88. The van der Waals surface area contributed by atoms with Crippen LogP contribution in [0.15, 0.2) is 30.3 Å². The lowest BCUT2D eigenvalue weighted by molar-refractivity contribution is 0.524. The number of rotatable bonds is 1. The molecule has 0 aliphatic rings. The van der Waals surface area contributed by atoms with Gasteiger partial charge in [-0.3, -0.25) is 0 Å². The third kappa shape index (κ3) is 6.44. The largest absolute Gasteiger partial charge is 0.404 e. The molecule has 1 N–H and O–H groups in total. The number of benzene rings is 1. The maximum Gasteiger partial charge on any atom is 0.404 e. The van der Waals surface area contributed by atoms with E-state index in [9.17, 15) is 0 Å². The summed E-state index contributed by atoms with van der Waals surface area (Å²) in [6, 6.07) is 10.7. The van der Waals surface area contributed by atoms with Gasteiger partial charge in [0.15, 0.2) is 0 Å². The van der Waals surface area contributed by atoms with E-state index >= 15 is 0 Å². The minimum Gasteiger partial charge on any atom is -0.310 e. The third-order valence-corrected chi connectivity index (χ3v) is 2.54. The second kappa shape index (κ2) is 8.15. The average Bonchev–Trinajstić information content (AvgIpc) is 2.08. The molecule has 0 saturated heterocycles. The van der Waals surface area contributed by atoms with Gasteiger partial charge in [0.05, 0.1) is 0 Å². The van der Waals surface area contributed by atoms with Gasteiger partial charge in [-0.2, -0.15) is 3.69 Å². The molecule has 4 heteroatoms. The van der Waals surface area contributed by atoms with Gasteiger partial charge < -0.3 is 4.89 Å². The van der Waals surface area contributed by atoms with Crippen LogP contribution in [0.2, 0.25) is 5.05 Å². The molecular formula is C7H9MgO2P. The van der Waals surface area contributed by atoms with E-state index < -0.39 is 8.69 Å². The first-order valence-corrected chi connectivity index (χ1v) is 6.24. The van der Waals surface area contributed by atoms with E-state index in [1.54, 1.807) is 3.69 Å². The maximum atomic E-state index is 8.46. The molecule has 1 aromatic rings. The second-order valence-electron chi connectivity index (χ2n) is 1.92. The first kappa shape index (κ1) is 11.0. The number of hydrogen-bond donors (Lipinski definition) is 1. The van der Waals surface area contributed by atoms with Gasteiger partial charge in [0.2, 0.25) is 0 Å². The minimum atomic E-state index is -0.833. The van der Waals surface area contributed by atoms with Crippen molar-refractivity contribution >= 4 is 32.7 Å². The average molecular weight is 180 g/mol. The van der Waals surface area contributed by atoms with Gasteiger partial charge >= 0.3 is 29.1 Å². The Hall–Kier alpha value is 0.0462. The second-order valence-corrected chi connectivity index (χ2v) is 3.61. The van der Waals surface area contributed by atoms with Gasteiger partial charge in [0, 0.05) is 0 Å². The molecule has 0 aliphatic heterocycles. The van der Waals surface area contributed by atoms with Crippen molar-refractivity contribution in [2.75, 3.05) is 0 Å². The van der Waals surface area contributed by atoms with Crippen LogP contribution in [0.25, 0.3) is 0 Å². The van der Waals surface area contributed by atoms with Crippen LogP contribution < -0.4 is 3.69 Å².